The Hall–Kier alpha value is -2.37. The predicted molar refractivity (Wildman–Crippen MR) is 111 cm³/mol. The van der Waals surface area contributed by atoms with Crippen LogP contribution >= 0.6 is 11.6 Å². The maximum Gasteiger partial charge on any atom is 0.253 e. The molecule has 0 aromatic heterocycles. The largest absolute Gasteiger partial charge is 0.348 e. The van der Waals surface area contributed by atoms with Gasteiger partial charge in [-0.3, -0.25) is 14.5 Å². The monoisotopic (exact) mass is 399 g/mol. The van der Waals surface area contributed by atoms with Crippen molar-refractivity contribution in [3.8, 4) is 0 Å². The van der Waals surface area contributed by atoms with Gasteiger partial charge in [0.05, 0.1) is 12.1 Å². The van der Waals surface area contributed by atoms with E-state index in [0.29, 0.717) is 36.8 Å². The second-order valence-corrected chi connectivity index (χ2v) is 7.59. The molecule has 0 bridgehead atoms. The van der Waals surface area contributed by atoms with Crippen molar-refractivity contribution >= 4 is 23.4 Å². The van der Waals surface area contributed by atoms with Gasteiger partial charge in [-0.15, -0.1) is 0 Å². The van der Waals surface area contributed by atoms with Gasteiger partial charge in [-0.2, -0.15) is 0 Å². The Labute approximate surface area is 171 Å². The molecule has 2 amide bonds. The van der Waals surface area contributed by atoms with Gasteiger partial charge in [0.25, 0.3) is 5.91 Å². The Balaban J connectivity index is 1.51. The van der Waals surface area contributed by atoms with E-state index in [0.717, 1.165) is 5.56 Å². The minimum absolute atomic E-state index is 0.00567. The smallest absolute Gasteiger partial charge is 0.253 e. The molecule has 1 saturated heterocycles. The first-order valence-corrected chi connectivity index (χ1v) is 9.97. The number of nitrogens with one attached hydrogen (secondary N) is 1. The van der Waals surface area contributed by atoms with Crippen LogP contribution < -0.4 is 5.32 Å². The Morgan fingerprint density at radius 2 is 1.54 bits per heavy atom. The average molecular weight is 400 g/mol. The Kier molecular flexibility index (Phi) is 6.70. The van der Waals surface area contributed by atoms with Gasteiger partial charge in [-0.05, 0) is 43.7 Å². The highest BCUT2D eigenvalue weighted by molar-refractivity contribution is 6.30. The van der Waals surface area contributed by atoms with E-state index in [4.69, 9.17) is 11.6 Å². The molecule has 0 saturated carbocycles. The molecule has 5 nitrogen and oxygen atoms in total. The highest BCUT2D eigenvalue weighted by Crippen LogP contribution is 2.15. The molecule has 0 aliphatic carbocycles. The second kappa shape index (κ2) is 9.22. The van der Waals surface area contributed by atoms with Crippen LogP contribution in [0.3, 0.4) is 0 Å². The van der Waals surface area contributed by atoms with Gasteiger partial charge < -0.3 is 10.2 Å². The molecule has 6 heteroatoms. The molecule has 2 atom stereocenters. The molecule has 1 aliphatic heterocycles. The number of piperazine rings is 1. The van der Waals surface area contributed by atoms with Gasteiger partial charge in [0.2, 0.25) is 5.91 Å². The van der Waals surface area contributed by atoms with E-state index in [1.165, 1.54) is 0 Å². The van der Waals surface area contributed by atoms with Crippen molar-refractivity contribution in [2.45, 2.75) is 25.9 Å². The van der Waals surface area contributed by atoms with Crippen LogP contribution in [0, 0.1) is 0 Å². The van der Waals surface area contributed by atoms with Crippen LogP contribution in [0.5, 0.6) is 0 Å². The number of hydrogen-bond acceptors (Lipinski definition) is 3. The summed E-state index contributed by atoms with van der Waals surface area (Å²) in [5.74, 6) is 0.0138. The molecule has 1 fully saturated rings. The third-order valence-corrected chi connectivity index (χ3v) is 5.53. The maximum atomic E-state index is 12.6. The molecule has 1 aliphatic rings. The van der Waals surface area contributed by atoms with E-state index in [2.05, 4.69) is 10.2 Å². The first-order chi connectivity index (χ1) is 13.5. The van der Waals surface area contributed by atoms with E-state index in [1.54, 1.807) is 24.3 Å². The summed E-state index contributed by atoms with van der Waals surface area (Å²) in [5, 5.41) is 3.70. The molecule has 1 N–H and O–H groups in total. The minimum Gasteiger partial charge on any atom is -0.348 e. The molecular weight excluding hydrogens is 374 g/mol. The fourth-order valence-corrected chi connectivity index (χ4v) is 3.54. The van der Waals surface area contributed by atoms with Gasteiger partial charge in [-0.1, -0.05) is 41.9 Å². The molecule has 2 unspecified atom stereocenters. The van der Waals surface area contributed by atoms with Gasteiger partial charge in [0.15, 0.2) is 0 Å². The molecule has 0 spiro atoms. The van der Waals surface area contributed by atoms with Crippen molar-refractivity contribution < 1.29 is 9.59 Å². The Morgan fingerprint density at radius 3 is 2.14 bits per heavy atom. The number of halogens is 1. The number of rotatable bonds is 5. The summed E-state index contributed by atoms with van der Waals surface area (Å²) in [5.41, 5.74) is 1.72. The lowest BCUT2D eigenvalue weighted by atomic mass is 10.1. The number of carbonyl (C=O) groups is 2. The lowest BCUT2D eigenvalue weighted by molar-refractivity contribution is -0.127. The van der Waals surface area contributed by atoms with Crippen LogP contribution in [-0.4, -0.2) is 53.8 Å². The highest BCUT2D eigenvalue weighted by Gasteiger charge is 2.28. The fourth-order valence-electron chi connectivity index (χ4n) is 3.41. The van der Waals surface area contributed by atoms with E-state index in [-0.39, 0.29) is 23.9 Å². The Morgan fingerprint density at radius 1 is 0.929 bits per heavy atom. The van der Waals surface area contributed by atoms with E-state index >= 15 is 0 Å². The van der Waals surface area contributed by atoms with Crippen molar-refractivity contribution in [1.29, 1.82) is 0 Å². The van der Waals surface area contributed by atoms with Gasteiger partial charge >= 0.3 is 0 Å². The topological polar surface area (TPSA) is 52.7 Å². The van der Waals surface area contributed by atoms with Crippen LogP contribution in [0.1, 0.15) is 35.8 Å². The van der Waals surface area contributed by atoms with Crippen molar-refractivity contribution in [3.63, 3.8) is 0 Å². The highest BCUT2D eigenvalue weighted by atomic mass is 35.5. The zero-order chi connectivity index (χ0) is 20.1. The van der Waals surface area contributed by atoms with Crippen molar-refractivity contribution in [2.24, 2.45) is 0 Å². The SMILES string of the molecule is CC(NC(=O)C(C)N1CCN(C(=O)c2ccc(Cl)cc2)CC1)c1ccccc1. The van der Waals surface area contributed by atoms with Crippen molar-refractivity contribution in [2.75, 3.05) is 26.2 Å². The number of amides is 2. The van der Waals surface area contributed by atoms with Crippen LogP contribution in [0.25, 0.3) is 0 Å². The molecule has 28 heavy (non-hydrogen) atoms. The zero-order valence-corrected chi connectivity index (χ0v) is 17.0. The first-order valence-electron chi connectivity index (χ1n) is 9.60. The lowest BCUT2D eigenvalue weighted by Gasteiger charge is -2.37. The summed E-state index contributed by atoms with van der Waals surface area (Å²) in [7, 11) is 0. The normalized spacial score (nSPS) is 17.0. The minimum atomic E-state index is -0.237. The molecule has 148 valence electrons. The number of hydrogen-bond donors (Lipinski definition) is 1. The second-order valence-electron chi connectivity index (χ2n) is 7.15. The summed E-state index contributed by atoms with van der Waals surface area (Å²) in [6, 6.07) is 16.6. The van der Waals surface area contributed by atoms with Gasteiger partial charge in [-0.25, -0.2) is 0 Å². The van der Waals surface area contributed by atoms with Crippen LogP contribution in [-0.2, 0) is 4.79 Å². The number of benzene rings is 2. The van der Waals surface area contributed by atoms with Crippen LogP contribution in [0.15, 0.2) is 54.6 Å². The summed E-state index contributed by atoms with van der Waals surface area (Å²) in [4.78, 5) is 29.2. The number of nitrogens with zero attached hydrogens (tertiary/aromatic N) is 2. The number of carbonyl (C=O) groups excluding carboxylic acids is 2. The summed E-state index contributed by atoms with van der Waals surface area (Å²) in [6.45, 7) is 6.47. The molecule has 3 rings (SSSR count). The van der Waals surface area contributed by atoms with Gasteiger partial charge in [0, 0.05) is 36.8 Å². The standard InChI is InChI=1S/C22H26ClN3O2/c1-16(18-6-4-3-5-7-18)24-21(27)17(2)25-12-14-26(15-13-25)22(28)19-8-10-20(23)11-9-19/h3-11,16-17H,12-15H2,1-2H3,(H,24,27). The van der Waals surface area contributed by atoms with E-state index in [1.807, 2.05) is 49.1 Å². The molecule has 1 heterocycles. The third kappa shape index (κ3) is 4.91. The quantitative estimate of drug-likeness (QED) is 0.838. The fraction of sp³-hybridized carbons (Fsp3) is 0.364. The van der Waals surface area contributed by atoms with Crippen LogP contribution in [0.4, 0.5) is 0 Å². The zero-order valence-electron chi connectivity index (χ0n) is 16.3. The van der Waals surface area contributed by atoms with Crippen molar-refractivity contribution in [3.05, 3.63) is 70.7 Å². The van der Waals surface area contributed by atoms with Crippen molar-refractivity contribution in [1.82, 2.24) is 15.1 Å². The molecular formula is C22H26ClN3O2. The Bertz CT molecular complexity index is 802. The van der Waals surface area contributed by atoms with Gasteiger partial charge in [0.1, 0.15) is 0 Å². The summed E-state index contributed by atoms with van der Waals surface area (Å²) in [6.07, 6.45) is 0. The third-order valence-electron chi connectivity index (χ3n) is 5.28. The van der Waals surface area contributed by atoms with E-state index < -0.39 is 0 Å². The summed E-state index contributed by atoms with van der Waals surface area (Å²) < 4.78 is 0. The van der Waals surface area contributed by atoms with E-state index in [9.17, 15) is 9.59 Å². The maximum absolute atomic E-state index is 12.6. The first kappa shape index (κ1) is 20.4. The lowest BCUT2D eigenvalue weighted by Crippen LogP contribution is -2.55. The molecule has 2 aromatic rings. The van der Waals surface area contributed by atoms with Crippen LogP contribution in [0.2, 0.25) is 5.02 Å². The summed E-state index contributed by atoms with van der Waals surface area (Å²) >= 11 is 5.89. The molecule has 0 radical (unpaired) electrons. The molecule has 2 aromatic carbocycles. The predicted octanol–water partition coefficient (Wildman–Crippen LogP) is 3.36. The average Bonchev–Trinajstić information content (AvgIpc) is 2.74.